The van der Waals surface area contributed by atoms with E-state index in [1.807, 2.05) is 25.1 Å². The molecule has 2 N–H and O–H groups in total. The van der Waals surface area contributed by atoms with Crippen LogP contribution in [-0.4, -0.2) is 75.7 Å². The van der Waals surface area contributed by atoms with E-state index in [0.29, 0.717) is 5.75 Å². The van der Waals surface area contributed by atoms with Gasteiger partial charge in [0.2, 0.25) is 0 Å². The molecule has 25 heavy (non-hydrogen) atoms. The van der Waals surface area contributed by atoms with E-state index in [-0.39, 0.29) is 36.3 Å². The molecule has 0 bridgehead atoms. The number of sulfone groups is 1. The van der Waals surface area contributed by atoms with Gasteiger partial charge in [-0.25, -0.2) is 8.42 Å². The summed E-state index contributed by atoms with van der Waals surface area (Å²) in [6, 6.07) is 7.33. The van der Waals surface area contributed by atoms with E-state index in [1.54, 1.807) is 6.07 Å². The Kier molecular flexibility index (Phi) is 8.77. The summed E-state index contributed by atoms with van der Waals surface area (Å²) >= 11 is 0. The average Bonchev–Trinajstić information content (AvgIpc) is 2.54. The number of anilines is 1. The third-order valence-corrected chi connectivity index (χ3v) is 4.78. The number of phenols is 1. The van der Waals surface area contributed by atoms with Gasteiger partial charge in [0.15, 0.2) is 5.96 Å². The number of hydrogen-bond donors (Lipinski definition) is 2. The predicted octanol–water partition coefficient (Wildman–Crippen LogP) is 1.14. The number of benzene rings is 1. The minimum atomic E-state index is -3.00. The Bertz CT molecular complexity index is 674. The van der Waals surface area contributed by atoms with Crippen molar-refractivity contribution >= 4 is 45.5 Å². The van der Waals surface area contributed by atoms with Gasteiger partial charge >= 0.3 is 0 Å². The molecule has 1 aromatic rings. The summed E-state index contributed by atoms with van der Waals surface area (Å²) in [7, 11) is -3.00. The third kappa shape index (κ3) is 6.89. The van der Waals surface area contributed by atoms with Crippen molar-refractivity contribution in [3.05, 3.63) is 24.3 Å². The van der Waals surface area contributed by atoms with Crippen LogP contribution in [0.5, 0.6) is 5.75 Å². The average molecular weight is 482 g/mol. The second-order valence-electron chi connectivity index (χ2n) is 5.83. The van der Waals surface area contributed by atoms with Crippen LogP contribution >= 0.6 is 24.0 Å². The summed E-state index contributed by atoms with van der Waals surface area (Å²) < 4.78 is 22.5. The Morgan fingerprint density at radius 3 is 2.44 bits per heavy atom. The van der Waals surface area contributed by atoms with Crippen molar-refractivity contribution in [1.29, 1.82) is 0 Å². The van der Waals surface area contributed by atoms with Crippen LogP contribution in [0.15, 0.2) is 29.3 Å². The Morgan fingerprint density at radius 1 is 1.24 bits per heavy atom. The van der Waals surface area contributed by atoms with Crippen LogP contribution in [0, 0.1) is 0 Å². The Morgan fingerprint density at radius 2 is 1.88 bits per heavy atom. The maximum absolute atomic E-state index is 11.2. The molecule has 1 aliphatic heterocycles. The number of aliphatic imine (C=N–C) groups is 1. The van der Waals surface area contributed by atoms with Crippen molar-refractivity contribution in [1.82, 2.24) is 10.2 Å². The van der Waals surface area contributed by atoms with Crippen molar-refractivity contribution < 1.29 is 13.5 Å². The molecule has 9 heteroatoms. The zero-order chi connectivity index (χ0) is 17.6. The SMILES string of the molecule is CCNC(=NCCS(C)(=O)=O)N1CCN(c2ccccc2O)CC1.I. The molecule has 1 heterocycles. The molecular weight excluding hydrogens is 455 g/mol. The van der Waals surface area contributed by atoms with Crippen molar-refractivity contribution in [2.24, 2.45) is 4.99 Å². The van der Waals surface area contributed by atoms with Gasteiger partial charge in [0.1, 0.15) is 15.6 Å². The number of piperazine rings is 1. The summed E-state index contributed by atoms with van der Waals surface area (Å²) in [6.45, 7) is 6.06. The number of nitrogens with one attached hydrogen (secondary N) is 1. The largest absolute Gasteiger partial charge is 0.506 e. The molecule has 2 rings (SSSR count). The molecule has 0 atom stereocenters. The highest BCUT2D eigenvalue weighted by Crippen LogP contribution is 2.27. The molecule has 0 amide bonds. The first-order chi connectivity index (χ1) is 11.4. The number of para-hydroxylation sites is 2. The third-order valence-electron chi connectivity index (χ3n) is 3.86. The standard InChI is InChI=1S/C16H26N4O3S.HI/c1-3-17-16(18-8-13-24(2,22)23)20-11-9-19(10-12-20)14-6-4-5-7-15(14)21;/h4-7,21H,3,8-13H2,1-2H3,(H,17,18);1H. The highest BCUT2D eigenvalue weighted by Gasteiger charge is 2.21. The minimum absolute atomic E-state index is 0. The highest BCUT2D eigenvalue weighted by atomic mass is 127. The zero-order valence-corrected chi connectivity index (χ0v) is 17.8. The second-order valence-corrected chi connectivity index (χ2v) is 8.09. The molecule has 142 valence electrons. The van der Waals surface area contributed by atoms with E-state index < -0.39 is 9.84 Å². The molecule has 0 radical (unpaired) electrons. The molecule has 1 aromatic carbocycles. The molecule has 0 aliphatic carbocycles. The number of aromatic hydroxyl groups is 1. The van der Waals surface area contributed by atoms with E-state index in [1.165, 1.54) is 6.26 Å². The predicted molar refractivity (Wildman–Crippen MR) is 113 cm³/mol. The monoisotopic (exact) mass is 482 g/mol. The molecular formula is C16H27IN4O3S. The topological polar surface area (TPSA) is 85.2 Å². The van der Waals surface area contributed by atoms with E-state index >= 15 is 0 Å². The molecule has 1 aliphatic rings. The van der Waals surface area contributed by atoms with Gasteiger partial charge in [0, 0.05) is 39.0 Å². The summed E-state index contributed by atoms with van der Waals surface area (Å²) in [5.41, 5.74) is 0.844. The number of hydrogen-bond acceptors (Lipinski definition) is 5. The molecule has 7 nitrogen and oxygen atoms in total. The van der Waals surface area contributed by atoms with E-state index in [0.717, 1.165) is 44.4 Å². The highest BCUT2D eigenvalue weighted by molar-refractivity contribution is 14.0. The Balaban J connectivity index is 0.00000312. The van der Waals surface area contributed by atoms with Gasteiger partial charge in [-0.2, -0.15) is 0 Å². The van der Waals surface area contributed by atoms with Gasteiger partial charge < -0.3 is 20.2 Å². The van der Waals surface area contributed by atoms with Crippen LogP contribution in [0.3, 0.4) is 0 Å². The van der Waals surface area contributed by atoms with E-state index in [9.17, 15) is 13.5 Å². The van der Waals surface area contributed by atoms with Crippen LogP contribution in [0.25, 0.3) is 0 Å². The number of nitrogens with zero attached hydrogens (tertiary/aromatic N) is 3. The molecule has 0 spiro atoms. The fourth-order valence-corrected chi connectivity index (χ4v) is 3.06. The first-order valence-corrected chi connectivity index (χ1v) is 10.2. The maximum Gasteiger partial charge on any atom is 0.194 e. The Hall–Kier alpha value is -1.23. The number of halogens is 1. The van der Waals surface area contributed by atoms with Crippen molar-refractivity contribution in [2.45, 2.75) is 6.92 Å². The fourth-order valence-electron chi connectivity index (χ4n) is 2.63. The van der Waals surface area contributed by atoms with Gasteiger partial charge in [-0.05, 0) is 19.1 Å². The molecule has 1 fully saturated rings. The lowest BCUT2D eigenvalue weighted by Gasteiger charge is -2.37. The normalized spacial score (nSPS) is 15.7. The lowest BCUT2D eigenvalue weighted by molar-refractivity contribution is 0.370. The number of guanidine groups is 1. The van der Waals surface area contributed by atoms with Crippen LogP contribution < -0.4 is 10.2 Å². The quantitative estimate of drug-likeness (QED) is 0.372. The fraction of sp³-hybridized carbons (Fsp3) is 0.562. The summed E-state index contributed by atoms with van der Waals surface area (Å²) in [5.74, 6) is 1.09. The van der Waals surface area contributed by atoms with E-state index in [2.05, 4.69) is 20.1 Å². The smallest absolute Gasteiger partial charge is 0.194 e. The first kappa shape index (κ1) is 21.8. The zero-order valence-electron chi connectivity index (χ0n) is 14.7. The van der Waals surface area contributed by atoms with Gasteiger partial charge in [0.05, 0.1) is 18.0 Å². The van der Waals surface area contributed by atoms with Crippen molar-refractivity contribution in [3.8, 4) is 5.75 Å². The minimum Gasteiger partial charge on any atom is -0.506 e. The van der Waals surface area contributed by atoms with E-state index in [4.69, 9.17) is 0 Å². The van der Waals surface area contributed by atoms with Gasteiger partial charge in [0.25, 0.3) is 0 Å². The van der Waals surface area contributed by atoms with Crippen LogP contribution in [0.4, 0.5) is 5.69 Å². The summed E-state index contributed by atoms with van der Waals surface area (Å²) in [4.78, 5) is 8.69. The van der Waals surface area contributed by atoms with Crippen LogP contribution in [0.1, 0.15) is 6.92 Å². The van der Waals surface area contributed by atoms with Gasteiger partial charge in [-0.15, -0.1) is 24.0 Å². The molecule has 1 saturated heterocycles. The van der Waals surface area contributed by atoms with Crippen molar-refractivity contribution in [2.75, 3.05) is 56.2 Å². The molecule has 0 aromatic heterocycles. The van der Waals surface area contributed by atoms with Gasteiger partial charge in [-0.1, -0.05) is 12.1 Å². The summed E-state index contributed by atoms with van der Waals surface area (Å²) in [6.07, 6.45) is 1.22. The molecule has 0 unspecified atom stereocenters. The maximum atomic E-state index is 11.2. The summed E-state index contributed by atoms with van der Waals surface area (Å²) in [5, 5.41) is 13.2. The number of phenolic OH excluding ortho intramolecular Hbond substituents is 1. The molecule has 0 saturated carbocycles. The lowest BCUT2D eigenvalue weighted by Crippen LogP contribution is -2.52. The van der Waals surface area contributed by atoms with Crippen LogP contribution in [-0.2, 0) is 9.84 Å². The van der Waals surface area contributed by atoms with Crippen molar-refractivity contribution in [3.63, 3.8) is 0 Å². The number of rotatable bonds is 5. The van der Waals surface area contributed by atoms with Crippen LogP contribution in [0.2, 0.25) is 0 Å². The first-order valence-electron chi connectivity index (χ1n) is 8.14. The Labute approximate surface area is 167 Å². The lowest BCUT2D eigenvalue weighted by atomic mass is 10.2. The van der Waals surface area contributed by atoms with Gasteiger partial charge in [-0.3, -0.25) is 4.99 Å². The second kappa shape index (κ2) is 10.0.